The number of carbonyl (C=O) groups excluding carboxylic acids is 1. The van der Waals surface area contributed by atoms with E-state index in [1.165, 1.54) is 30.2 Å². The minimum atomic E-state index is -2.85. The van der Waals surface area contributed by atoms with Crippen LogP contribution < -0.4 is 10.1 Å². The molecule has 0 radical (unpaired) electrons. The number of thioether (sulfide) groups is 1. The number of benzene rings is 2. The fourth-order valence-electron chi connectivity index (χ4n) is 2.24. The molecule has 3 aromatic rings. The number of halogens is 2. The molecule has 0 bridgehead atoms. The predicted octanol–water partition coefficient (Wildman–Crippen LogP) is 3.63. The van der Waals surface area contributed by atoms with E-state index in [2.05, 4.69) is 25.2 Å². The molecule has 27 heavy (non-hydrogen) atoms. The van der Waals surface area contributed by atoms with E-state index < -0.39 is 6.61 Å². The first kappa shape index (κ1) is 18.8. The highest BCUT2D eigenvalue weighted by molar-refractivity contribution is 7.98. The summed E-state index contributed by atoms with van der Waals surface area (Å²) in [6, 6.07) is 13.4. The molecular formula is C18H16F2N4O2S. The van der Waals surface area contributed by atoms with Crippen molar-refractivity contribution < 1.29 is 18.3 Å². The van der Waals surface area contributed by atoms with Crippen molar-refractivity contribution in [1.82, 2.24) is 20.5 Å². The van der Waals surface area contributed by atoms with E-state index in [4.69, 9.17) is 0 Å². The molecule has 1 amide bonds. The van der Waals surface area contributed by atoms with Gasteiger partial charge >= 0.3 is 6.61 Å². The lowest BCUT2D eigenvalue weighted by Gasteiger charge is -2.08. The summed E-state index contributed by atoms with van der Waals surface area (Å²) in [7, 11) is 0. The normalized spacial score (nSPS) is 10.8. The minimum absolute atomic E-state index is 0.0823. The van der Waals surface area contributed by atoms with E-state index in [9.17, 15) is 13.6 Å². The molecule has 0 aliphatic carbocycles. The average Bonchev–Trinajstić information content (AvgIpc) is 3.19. The van der Waals surface area contributed by atoms with E-state index in [1.54, 1.807) is 24.3 Å². The summed E-state index contributed by atoms with van der Waals surface area (Å²) in [5.74, 6) is 0.584. The second-order valence-electron chi connectivity index (χ2n) is 5.48. The number of alkyl halides is 2. The summed E-state index contributed by atoms with van der Waals surface area (Å²) in [6.45, 7) is -2.57. The molecule has 0 fully saturated rings. The molecule has 2 aromatic carbocycles. The van der Waals surface area contributed by atoms with Gasteiger partial charge in [0.05, 0.1) is 0 Å². The van der Waals surface area contributed by atoms with E-state index in [1.807, 2.05) is 12.1 Å². The molecule has 1 heterocycles. The number of ether oxygens (including phenoxy) is 1. The van der Waals surface area contributed by atoms with Crippen LogP contribution in [-0.4, -0.2) is 27.7 Å². The zero-order valence-electron chi connectivity index (χ0n) is 14.1. The largest absolute Gasteiger partial charge is 0.435 e. The first-order valence-corrected chi connectivity index (χ1v) is 8.98. The highest BCUT2D eigenvalue weighted by Gasteiger charge is 2.07. The highest BCUT2D eigenvalue weighted by Crippen LogP contribution is 2.19. The van der Waals surface area contributed by atoms with E-state index in [0.717, 1.165) is 16.3 Å². The van der Waals surface area contributed by atoms with Crippen molar-refractivity contribution in [3.05, 3.63) is 71.5 Å². The molecule has 3 rings (SSSR count). The second-order valence-corrected chi connectivity index (χ2v) is 6.45. The van der Waals surface area contributed by atoms with Gasteiger partial charge in [0.15, 0.2) is 5.16 Å². The molecule has 0 spiro atoms. The Kier molecular flexibility index (Phi) is 6.37. The standard InChI is InChI=1S/C18H16F2N4O2S/c19-17(20)26-15-7-3-12(4-8-15)9-21-16(25)14-5-1-13(2-6-14)10-27-18-22-11-23-24-18/h1-8,11,17H,9-10H2,(H,21,25)(H,22,23,24). The number of nitrogens with zero attached hydrogens (tertiary/aromatic N) is 2. The molecule has 0 saturated heterocycles. The molecular weight excluding hydrogens is 374 g/mol. The number of aromatic amines is 1. The molecule has 6 nitrogen and oxygen atoms in total. The van der Waals surface area contributed by atoms with Gasteiger partial charge < -0.3 is 10.1 Å². The van der Waals surface area contributed by atoms with E-state index >= 15 is 0 Å². The van der Waals surface area contributed by atoms with Gasteiger partial charge in [-0.25, -0.2) is 4.98 Å². The third kappa shape index (κ3) is 5.78. The summed E-state index contributed by atoms with van der Waals surface area (Å²) >= 11 is 1.52. The van der Waals surface area contributed by atoms with Crippen LogP contribution in [0.1, 0.15) is 21.5 Å². The molecule has 9 heteroatoms. The van der Waals surface area contributed by atoms with Gasteiger partial charge in [0.1, 0.15) is 12.1 Å². The van der Waals surface area contributed by atoms with Crippen molar-refractivity contribution in [2.24, 2.45) is 0 Å². The van der Waals surface area contributed by atoms with Crippen LogP contribution in [0.15, 0.2) is 60.0 Å². The smallest absolute Gasteiger partial charge is 0.387 e. The first-order valence-electron chi connectivity index (χ1n) is 7.99. The van der Waals surface area contributed by atoms with Crippen molar-refractivity contribution >= 4 is 17.7 Å². The molecule has 1 aromatic heterocycles. The van der Waals surface area contributed by atoms with Crippen LogP contribution in [0.3, 0.4) is 0 Å². The topological polar surface area (TPSA) is 79.9 Å². The summed E-state index contributed by atoms with van der Waals surface area (Å²) in [4.78, 5) is 16.3. The number of hydrogen-bond donors (Lipinski definition) is 2. The van der Waals surface area contributed by atoms with Gasteiger partial charge in [-0.05, 0) is 35.4 Å². The van der Waals surface area contributed by atoms with Gasteiger partial charge in [0.2, 0.25) is 0 Å². The summed E-state index contributed by atoms with van der Waals surface area (Å²) in [5, 5.41) is 10.1. The number of H-pyrrole nitrogens is 1. The Morgan fingerprint density at radius 1 is 1.11 bits per heavy atom. The molecule has 0 aliphatic rings. The minimum Gasteiger partial charge on any atom is -0.435 e. The van der Waals surface area contributed by atoms with Crippen molar-refractivity contribution in [3.63, 3.8) is 0 Å². The lowest BCUT2D eigenvalue weighted by molar-refractivity contribution is -0.0498. The molecule has 0 unspecified atom stereocenters. The Morgan fingerprint density at radius 2 is 1.81 bits per heavy atom. The van der Waals surface area contributed by atoms with Crippen LogP contribution in [-0.2, 0) is 12.3 Å². The number of nitrogens with one attached hydrogen (secondary N) is 2. The maximum Gasteiger partial charge on any atom is 0.387 e. The zero-order chi connectivity index (χ0) is 19.1. The third-order valence-corrected chi connectivity index (χ3v) is 4.53. The fourth-order valence-corrected chi connectivity index (χ4v) is 2.98. The SMILES string of the molecule is O=C(NCc1ccc(OC(F)F)cc1)c1ccc(CSc2ncn[nH]2)cc1. The third-order valence-electron chi connectivity index (χ3n) is 3.59. The average molecular weight is 390 g/mol. The summed E-state index contributed by atoms with van der Waals surface area (Å²) in [6.07, 6.45) is 1.45. The number of carbonyl (C=O) groups is 1. The lowest BCUT2D eigenvalue weighted by atomic mass is 10.1. The Balaban J connectivity index is 1.49. The van der Waals surface area contributed by atoms with Crippen molar-refractivity contribution in [2.45, 2.75) is 24.1 Å². The van der Waals surface area contributed by atoms with Gasteiger partial charge in [0.25, 0.3) is 5.91 Å². The molecule has 2 N–H and O–H groups in total. The molecule has 0 aliphatic heterocycles. The van der Waals surface area contributed by atoms with E-state index in [0.29, 0.717) is 11.3 Å². The Labute approximate surface area is 158 Å². The van der Waals surface area contributed by atoms with Gasteiger partial charge in [-0.1, -0.05) is 36.0 Å². The maximum absolute atomic E-state index is 12.2. The van der Waals surface area contributed by atoms with Gasteiger partial charge in [-0.15, -0.1) is 0 Å². The molecule has 140 valence electrons. The van der Waals surface area contributed by atoms with E-state index in [-0.39, 0.29) is 18.2 Å². The van der Waals surface area contributed by atoms with Crippen LogP contribution in [0, 0.1) is 0 Å². The van der Waals surface area contributed by atoms with Crippen LogP contribution in [0.5, 0.6) is 5.75 Å². The monoisotopic (exact) mass is 390 g/mol. The van der Waals surface area contributed by atoms with Gasteiger partial charge in [0, 0.05) is 17.9 Å². The Bertz CT molecular complexity index is 856. The molecule has 0 atom stereocenters. The van der Waals surface area contributed by atoms with Crippen molar-refractivity contribution in [2.75, 3.05) is 0 Å². The Hall–Kier alpha value is -2.94. The van der Waals surface area contributed by atoms with Crippen LogP contribution >= 0.6 is 11.8 Å². The number of rotatable bonds is 8. The van der Waals surface area contributed by atoms with Gasteiger partial charge in [-0.3, -0.25) is 9.89 Å². The number of hydrogen-bond acceptors (Lipinski definition) is 5. The second kappa shape index (κ2) is 9.13. The predicted molar refractivity (Wildman–Crippen MR) is 96.6 cm³/mol. The fraction of sp³-hybridized carbons (Fsp3) is 0.167. The quantitative estimate of drug-likeness (QED) is 0.574. The van der Waals surface area contributed by atoms with Crippen LogP contribution in [0.2, 0.25) is 0 Å². The van der Waals surface area contributed by atoms with Crippen molar-refractivity contribution in [3.8, 4) is 5.75 Å². The first-order chi connectivity index (χ1) is 13.1. The summed E-state index contributed by atoms with van der Waals surface area (Å²) in [5.41, 5.74) is 2.38. The number of amides is 1. The van der Waals surface area contributed by atoms with Crippen molar-refractivity contribution in [1.29, 1.82) is 0 Å². The van der Waals surface area contributed by atoms with Crippen LogP contribution in [0.4, 0.5) is 8.78 Å². The zero-order valence-corrected chi connectivity index (χ0v) is 14.9. The summed E-state index contributed by atoms with van der Waals surface area (Å²) < 4.78 is 28.5. The van der Waals surface area contributed by atoms with Crippen LogP contribution in [0.25, 0.3) is 0 Å². The number of aromatic nitrogens is 3. The highest BCUT2D eigenvalue weighted by atomic mass is 32.2. The lowest BCUT2D eigenvalue weighted by Crippen LogP contribution is -2.22. The Morgan fingerprint density at radius 3 is 2.44 bits per heavy atom. The molecule has 0 saturated carbocycles. The maximum atomic E-state index is 12.2. The van der Waals surface area contributed by atoms with Gasteiger partial charge in [-0.2, -0.15) is 13.9 Å².